The van der Waals surface area contributed by atoms with Gasteiger partial charge in [-0.25, -0.2) is 4.79 Å². The lowest BCUT2D eigenvalue weighted by atomic mass is 9.85. The lowest BCUT2D eigenvalue weighted by Crippen LogP contribution is -2.60. The molecule has 0 unspecified atom stereocenters. The van der Waals surface area contributed by atoms with Crippen molar-refractivity contribution < 1.29 is 28.8 Å². The molecule has 0 bridgehead atoms. The lowest BCUT2D eigenvalue weighted by Gasteiger charge is -2.35. The van der Waals surface area contributed by atoms with Gasteiger partial charge in [-0.05, 0) is 43.2 Å². The molecule has 4 rings (SSSR count). The molecule has 0 aromatic heterocycles. The fourth-order valence-electron chi connectivity index (χ4n) is 5.41. The average molecular weight is 597 g/mol. The first kappa shape index (κ1) is 32.0. The van der Waals surface area contributed by atoms with Crippen molar-refractivity contribution in [3.05, 3.63) is 42.0 Å². The first-order chi connectivity index (χ1) is 20.4. The molecule has 0 radical (unpaired) electrons. The zero-order chi connectivity index (χ0) is 31.4. The first-order valence-corrected chi connectivity index (χ1v) is 15.1. The van der Waals surface area contributed by atoms with Gasteiger partial charge in [0.2, 0.25) is 17.6 Å². The summed E-state index contributed by atoms with van der Waals surface area (Å²) in [4.78, 5) is 73.7. The van der Waals surface area contributed by atoms with Gasteiger partial charge in [-0.15, -0.1) is 0 Å². The smallest absolute Gasteiger partial charge is 0.315 e. The molecule has 4 atom stereocenters. The molecule has 3 aliphatic rings. The Bertz CT molecular complexity index is 1260. The number of nitrogens with zero attached hydrogens (tertiary/aromatic N) is 1. The van der Waals surface area contributed by atoms with Crippen molar-refractivity contribution in [3.63, 3.8) is 0 Å². The van der Waals surface area contributed by atoms with Gasteiger partial charge >= 0.3 is 6.03 Å². The highest BCUT2D eigenvalue weighted by Crippen LogP contribution is 2.38. The van der Waals surface area contributed by atoms with Crippen molar-refractivity contribution >= 4 is 35.2 Å². The van der Waals surface area contributed by atoms with Crippen LogP contribution in [0.5, 0.6) is 0 Å². The number of hydrogen-bond acceptors (Lipinski definition) is 7. The Morgan fingerprint density at radius 2 is 1.77 bits per heavy atom. The van der Waals surface area contributed by atoms with Gasteiger partial charge < -0.3 is 26.2 Å². The molecule has 1 aliphatic carbocycles. The molecule has 5 amide bonds. The fraction of sp³-hybridized carbons (Fsp3) is 0.581. The highest BCUT2D eigenvalue weighted by Gasteiger charge is 2.54. The summed E-state index contributed by atoms with van der Waals surface area (Å²) in [6.07, 6.45) is 4.47. The predicted molar refractivity (Wildman–Crippen MR) is 160 cm³/mol. The van der Waals surface area contributed by atoms with Crippen LogP contribution >= 0.6 is 0 Å². The van der Waals surface area contributed by atoms with E-state index in [9.17, 15) is 24.0 Å². The van der Waals surface area contributed by atoms with Crippen molar-refractivity contribution in [1.29, 1.82) is 0 Å². The zero-order valence-corrected chi connectivity index (χ0v) is 25.6. The van der Waals surface area contributed by atoms with E-state index in [0.717, 1.165) is 18.4 Å². The number of hydroxylamine groups is 1. The van der Waals surface area contributed by atoms with Gasteiger partial charge in [0.25, 0.3) is 5.91 Å². The van der Waals surface area contributed by atoms with Crippen LogP contribution in [0.2, 0.25) is 0 Å². The summed E-state index contributed by atoms with van der Waals surface area (Å²) in [5.74, 6) is -2.43. The van der Waals surface area contributed by atoms with Gasteiger partial charge in [-0.3, -0.25) is 29.5 Å². The summed E-state index contributed by atoms with van der Waals surface area (Å²) >= 11 is 0. The highest BCUT2D eigenvalue weighted by molar-refractivity contribution is 6.38. The minimum Gasteiger partial charge on any atom is -0.347 e. The van der Waals surface area contributed by atoms with Crippen LogP contribution in [0.4, 0.5) is 4.79 Å². The average Bonchev–Trinajstić information content (AvgIpc) is 3.56. The molecule has 12 heteroatoms. The maximum Gasteiger partial charge on any atom is 0.315 e. The molecule has 2 fully saturated rings. The molecular formula is C31H44N6O6. The summed E-state index contributed by atoms with van der Waals surface area (Å²) in [5, 5.41) is 10.9. The summed E-state index contributed by atoms with van der Waals surface area (Å²) in [7, 11) is 0. The van der Waals surface area contributed by atoms with E-state index in [-0.39, 0.29) is 25.4 Å². The number of ketones is 1. The van der Waals surface area contributed by atoms with E-state index in [0.29, 0.717) is 18.7 Å². The van der Waals surface area contributed by atoms with E-state index in [1.54, 1.807) is 6.92 Å². The van der Waals surface area contributed by atoms with Gasteiger partial charge in [-0.1, -0.05) is 64.4 Å². The number of urea groups is 1. The lowest BCUT2D eigenvalue weighted by molar-refractivity contribution is -0.144. The van der Waals surface area contributed by atoms with E-state index in [2.05, 4.69) is 26.7 Å². The van der Waals surface area contributed by atoms with Crippen LogP contribution in [0.15, 0.2) is 36.4 Å². The largest absolute Gasteiger partial charge is 0.347 e. The Morgan fingerprint density at radius 1 is 1.07 bits per heavy atom. The number of Topliss-reactive ketones (excluding diaryl/α,β-unsaturated/α-hetero) is 1. The third kappa shape index (κ3) is 7.73. The Kier molecular flexibility index (Phi) is 9.79. The minimum absolute atomic E-state index is 0.00147. The van der Waals surface area contributed by atoms with E-state index in [1.165, 1.54) is 4.90 Å². The summed E-state index contributed by atoms with van der Waals surface area (Å²) in [6.45, 7) is 9.54. The number of likely N-dealkylation sites (tertiary alicyclic amines) is 1. The third-order valence-electron chi connectivity index (χ3n) is 7.87. The number of carbonyl (C=O) groups excluding carboxylic acids is 5. The molecule has 12 nitrogen and oxygen atoms in total. The molecule has 1 saturated heterocycles. The Balaban J connectivity index is 1.63. The Hall–Kier alpha value is -3.93. The Morgan fingerprint density at radius 3 is 2.37 bits per heavy atom. The molecule has 1 spiro atoms. The molecule has 1 aromatic carbocycles. The third-order valence-corrected chi connectivity index (χ3v) is 7.87. The molecule has 43 heavy (non-hydrogen) atoms. The van der Waals surface area contributed by atoms with Crippen molar-refractivity contribution in [2.45, 2.75) is 96.5 Å². The van der Waals surface area contributed by atoms with Gasteiger partial charge in [0, 0.05) is 19.0 Å². The molecule has 2 aliphatic heterocycles. The highest BCUT2D eigenvalue weighted by atomic mass is 16.7. The number of nitrogens with one attached hydrogen (secondary N) is 5. The quantitative estimate of drug-likeness (QED) is 0.244. The molecule has 234 valence electrons. The number of rotatable bonds is 11. The molecule has 2 heterocycles. The number of amides is 5. The second-order valence-corrected chi connectivity index (χ2v) is 12.6. The summed E-state index contributed by atoms with van der Waals surface area (Å²) in [5.41, 5.74) is 2.81. The van der Waals surface area contributed by atoms with Crippen molar-refractivity contribution in [2.24, 2.45) is 5.41 Å². The van der Waals surface area contributed by atoms with E-state index in [4.69, 9.17) is 4.84 Å². The van der Waals surface area contributed by atoms with Crippen LogP contribution in [0.1, 0.15) is 72.3 Å². The Labute approximate surface area is 252 Å². The molecule has 5 N–H and O–H groups in total. The normalized spacial score (nSPS) is 22.7. The monoisotopic (exact) mass is 596 g/mol. The number of carbonyl (C=O) groups is 5. The van der Waals surface area contributed by atoms with Gasteiger partial charge in [0.05, 0.1) is 18.3 Å². The van der Waals surface area contributed by atoms with Gasteiger partial charge in [0.1, 0.15) is 17.7 Å². The summed E-state index contributed by atoms with van der Waals surface area (Å²) < 4.78 is 0. The van der Waals surface area contributed by atoms with Crippen LogP contribution in [-0.4, -0.2) is 77.3 Å². The van der Waals surface area contributed by atoms with E-state index >= 15 is 0 Å². The van der Waals surface area contributed by atoms with Crippen molar-refractivity contribution in [1.82, 2.24) is 31.6 Å². The van der Waals surface area contributed by atoms with E-state index in [1.807, 2.05) is 64.1 Å². The SMILES string of the molecule is CCC[C@H](NC(=O)[C@@H]1C[C@]2(C=C(c3ccccc3)NO2)CN1C(=O)[C@@H](NC(=O)NCC)C(C)(C)C)C(=O)C(=O)NC1CC1. The van der Waals surface area contributed by atoms with Crippen LogP contribution in [0.25, 0.3) is 5.70 Å². The second kappa shape index (κ2) is 13.2. The standard InChI is InChI=1S/C31H44N6O6/c1-6-11-21(24(38)27(40)33-20-14-15-20)34-26(39)23-17-31(16-22(36-43-31)19-12-9-8-10-13-19)18-37(23)28(41)25(30(3,4)5)35-29(42)32-7-2/h8-10,12-13,16,20-21,23,25,36H,6-7,11,14-15,17-18H2,1-5H3,(H,33,40)(H,34,39)(H2,32,35,42)/t21-,23-,25+,31+/m0/s1. The number of hydrogen-bond donors (Lipinski definition) is 5. The maximum absolute atomic E-state index is 14.2. The zero-order valence-electron chi connectivity index (χ0n) is 25.6. The minimum atomic E-state index is -1.04. The predicted octanol–water partition coefficient (Wildman–Crippen LogP) is 1.77. The molecule has 1 saturated carbocycles. The van der Waals surface area contributed by atoms with Crippen LogP contribution in [0, 0.1) is 5.41 Å². The van der Waals surface area contributed by atoms with E-state index < -0.39 is 58.7 Å². The van der Waals surface area contributed by atoms with Crippen LogP contribution in [0.3, 0.4) is 0 Å². The van der Waals surface area contributed by atoms with Gasteiger partial charge in [-0.2, -0.15) is 0 Å². The van der Waals surface area contributed by atoms with Crippen LogP contribution in [-0.2, 0) is 24.0 Å². The second-order valence-electron chi connectivity index (χ2n) is 12.6. The fourth-order valence-corrected chi connectivity index (χ4v) is 5.41. The molecule has 1 aromatic rings. The van der Waals surface area contributed by atoms with Crippen molar-refractivity contribution in [3.8, 4) is 0 Å². The van der Waals surface area contributed by atoms with Gasteiger partial charge in [0.15, 0.2) is 0 Å². The number of benzene rings is 1. The van der Waals surface area contributed by atoms with Crippen molar-refractivity contribution in [2.75, 3.05) is 13.1 Å². The maximum atomic E-state index is 14.2. The topological polar surface area (TPSA) is 158 Å². The molecular weight excluding hydrogens is 552 g/mol. The first-order valence-electron chi connectivity index (χ1n) is 15.1. The summed E-state index contributed by atoms with van der Waals surface area (Å²) in [6, 6.07) is 6.02. The van der Waals surface area contributed by atoms with Crippen LogP contribution < -0.4 is 26.7 Å².